The molecule has 7 heteroatoms. The molecule has 2 aromatic rings. The van der Waals surface area contributed by atoms with E-state index in [9.17, 15) is 9.90 Å². The number of ether oxygens (including phenoxy) is 2. The Balaban J connectivity index is 2.07. The lowest BCUT2D eigenvalue weighted by Gasteiger charge is -2.33. The van der Waals surface area contributed by atoms with Crippen LogP contribution in [-0.2, 0) is 16.0 Å². The molecule has 3 rings (SSSR count). The predicted molar refractivity (Wildman–Crippen MR) is 102 cm³/mol. The number of aliphatic imine (C=N–C) groups is 1. The first-order chi connectivity index (χ1) is 12.9. The first-order valence-corrected chi connectivity index (χ1v) is 8.49. The van der Waals surface area contributed by atoms with Gasteiger partial charge in [0, 0.05) is 20.6 Å². The zero-order valence-electron chi connectivity index (χ0n) is 15.5. The maximum absolute atomic E-state index is 13.2. The number of carbonyl (C=O) groups is 1. The number of aromatic hydroxyl groups is 1. The summed E-state index contributed by atoms with van der Waals surface area (Å²) in [6.45, 7) is 0. The van der Waals surface area contributed by atoms with Crippen molar-refractivity contribution in [3.05, 3.63) is 59.7 Å². The monoisotopic (exact) mass is 369 g/mol. The Morgan fingerprint density at radius 1 is 1.15 bits per heavy atom. The lowest BCUT2D eigenvalue weighted by atomic mass is 9.82. The lowest BCUT2D eigenvalue weighted by molar-refractivity contribution is -0.135. The molecule has 0 aliphatic carbocycles. The van der Waals surface area contributed by atoms with E-state index in [1.54, 1.807) is 45.5 Å². The third-order valence-corrected chi connectivity index (χ3v) is 4.83. The van der Waals surface area contributed by atoms with Gasteiger partial charge in [0.2, 0.25) is 0 Å². The van der Waals surface area contributed by atoms with Crippen LogP contribution in [0.15, 0.2) is 53.5 Å². The molecule has 0 spiro atoms. The maximum atomic E-state index is 13.2. The predicted octanol–water partition coefficient (Wildman–Crippen LogP) is 1.86. The van der Waals surface area contributed by atoms with Gasteiger partial charge in [0.1, 0.15) is 17.6 Å². The third kappa shape index (κ3) is 3.33. The third-order valence-electron chi connectivity index (χ3n) is 4.83. The number of nitrogens with zero attached hydrogens (tertiary/aromatic N) is 2. The van der Waals surface area contributed by atoms with Crippen molar-refractivity contribution in [2.45, 2.75) is 18.1 Å². The highest BCUT2D eigenvalue weighted by Crippen LogP contribution is 2.40. The molecular weight excluding hydrogens is 346 g/mol. The fraction of sp³-hybridized carbons (Fsp3) is 0.300. The van der Waals surface area contributed by atoms with Gasteiger partial charge in [0.05, 0.1) is 7.11 Å². The molecule has 2 aromatic carbocycles. The van der Waals surface area contributed by atoms with E-state index in [1.807, 2.05) is 24.3 Å². The molecule has 1 amide bonds. The van der Waals surface area contributed by atoms with Gasteiger partial charge in [0.25, 0.3) is 5.91 Å². The minimum atomic E-state index is -1.24. The zero-order chi connectivity index (χ0) is 19.6. The first kappa shape index (κ1) is 18.7. The van der Waals surface area contributed by atoms with Crippen LogP contribution < -0.4 is 10.5 Å². The van der Waals surface area contributed by atoms with Gasteiger partial charge in [-0.1, -0.05) is 24.3 Å². The zero-order valence-corrected chi connectivity index (χ0v) is 15.5. The number of carbonyl (C=O) groups excluding carboxylic acids is 1. The normalized spacial score (nSPS) is 20.5. The molecule has 1 aliphatic heterocycles. The number of methoxy groups -OCH3 is 2. The second kappa shape index (κ2) is 7.28. The quantitative estimate of drug-likeness (QED) is 0.810. The van der Waals surface area contributed by atoms with Crippen molar-refractivity contribution in [1.29, 1.82) is 0 Å². The van der Waals surface area contributed by atoms with Crippen molar-refractivity contribution in [2.24, 2.45) is 10.7 Å². The molecule has 7 nitrogen and oxygen atoms in total. The van der Waals surface area contributed by atoms with Crippen LogP contribution >= 0.6 is 0 Å². The van der Waals surface area contributed by atoms with Gasteiger partial charge in [-0.15, -0.1) is 0 Å². The van der Waals surface area contributed by atoms with Crippen molar-refractivity contribution in [3.8, 4) is 11.5 Å². The smallest absolute Gasteiger partial charge is 0.260 e. The largest absolute Gasteiger partial charge is 0.508 e. The SMILES string of the molecule is COc1ccc([C@H](OC)[C@]2(Cc3ccc(O)cc3)N=C(N)N(C)C2=O)cc1. The van der Waals surface area contributed by atoms with Gasteiger partial charge in [0.15, 0.2) is 11.5 Å². The summed E-state index contributed by atoms with van der Waals surface area (Å²) in [5.41, 5.74) is 6.37. The van der Waals surface area contributed by atoms with Gasteiger partial charge in [-0.3, -0.25) is 9.69 Å². The molecule has 2 atom stereocenters. The standard InChI is InChI=1S/C20H23N3O4/c1-23-18(25)20(22-19(23)21,12-13-4-8-15(24)9-5-13)17(27-3)14-6-10-16(26-2)11-7-14/h4-11,17,24H,12H2,1-3H3,(H2,21,22)/t17-,20-/m0/s1. The van der Waals surface area contributed by atoms with Crippen LogP contribution in [0.4, 0.5) is 0 Å². The molecule has 1 aliphatic rings. The fourth-order valence-corrected chi connectivity index (χ4v) is 3.41. The van der Waals surface area contributed by atoms with E-state index in [1.165, 1.54) is 4.90 Å². The summed E-state index contributed by atoms with van der Waals surface area (Å²) in [7, 11) is 4.74. The molecule has 0 fully saturated rings. The molecular formula is C20H23N3O4. The van der Waals surface area contributed by atoms with E-state index in [0.717, 1.165) is 11.1 Å². The van der Waals surface area contributed by atoms with Crippen LogP contribution in [0.1, 0.15) is 17.2 Å². The number of phenols is 1. The molecule has 0 radical (unpaired) electrons. The highest BCUT2D eigenvalue weighted by Gasteiger charge is 2.53. The van der Waals surface area contributed by atoms with E-state index in [4.69, 9.17) is 15.2 Å². The Bertz CT molecular complexity index is 849. The Kier molecular flexibility index (Phi) is 5.05. The van der Waals surface area contributed by atoms with Crippen LogP contribution in [-0.4, -0.2) is 48.7 Å². The van der Waals surface area contributed by atoms with Gasteiger partial charge in [-0.05, 0) is 35.4 Å². The summed E-state index contributed by atoms with van der Waals surface area (Å²) >= 11 is 0. The lowest BCUT2D eigenvalue weighted by Crippen LogP contribution is -2.48. The summed E-state index contributed by atoms with van der Waals surface area (Å²) in [5, 5.41) is 9.54. The van der Waals surface area contributed by atoms with Crippen molar-refractivity contribution < 1.29 is 19.4 Å². The van der Waals surface area contributed by atoms with E-state index in [0.29, 0.717) is 5.75 Å². The van der Waals surface area contributed by atoms with Crippen LogP contribution in [0.5, 0.6) is 11.5 Å². The Hall–Kier alpha value is -3.06. The van der Waals surface area contributed by atoms with E-state index in [2.05, 4.69) is 4.99 Å². The maximum Gasteiger partial charge on any atom is 0.260 e. The van der Waals surface area contributed by atoms with Crippen LogP contribution in [0.25, 0.3) is 0 Å². The highest BCUT2D eigenvalue weighted by atomic mass is 16.5. The molecule has 142 valence electrons. The topological polar surface area (TPSA) is 97.4 Å². The van der Waals surface area contributed by atoms with Crippen molar-refractivity contribution in [2.75, 3.05) is 21.3 Å². The molecule has 0 aromatic heterocycles. The van der Waals surface area contributed by atoms with Gasteiger partial charge < -0.3 is 20.3 Å². The van der Waals surface area contributed by atoms with E-state index >= 15 is 0 Å². The number of likely N-dealkylation sites (N-methyl/N-ethyl adjacent to an activating group) is 1. The molecule has 0 saturated heterocycles. The Morgan fingerprint density at radius 3 is 2.26 bits per heavy atom. The molecule has 0 unspecified atom stereocenters. The van der Waals surface area contributed by atoms with Gasteiger partial charge >= 0.3 is 0 Å². The fourth-order valence-electron chi connectivity index (χ4n) is 3.41. The number of nitrogens with two attached hydrogens (primary N) is 1. The number of benzene rings is 2. The Morgan fingerprint density at radius 2 is 1.78 bits per heavy atom. The minimum absolute atomic E-state index is 0.148. The van der Waals surface area contributed by atoms with Crippen molar-refractivity contribution >= 4 is 11.9 Å². The second-order valence-electron chi connectivity index (χ2n) is 6.49. The number of amides is 1. The van der Waals surface area contributed by atoms with Crippen LogP contribution in [0, 0.1) is 0 Å². The molecule has 3 N–H and O–H groups in total. The molecule has 0 saturated carbocycles. The summed E-state index contributed by atoms with van der Waals surface area (Å²) in [6.07, 6.45) is -0.366. The Labute approximate surface area is 158 Å². The van der Waals surface area contributed by atoms with E-state index in [-0.39, 0.29) is 24.0 Å². The second-order valence-corrected chi connectivity index (χ2v) is 6.49. The number of hydrogen-bond donors (Lipinski definition) is 2. The van der Waals surface area contributed by atoms with E-state index < -0.39 is 11.6 Å². The number of hydrogen-bond acceptors (Lipinski definition) is 6. The van der Waals surface area contributed by atoms with Crippen LogP contribution in [0.3, 0.4) is 0 Å². The average Bonchev–Trinajstić information content (AvgIpc) is 2.89. The van der Waals surface area contributed by atoms with Crippen molar-refractivity contribution in [1.82, 2.24) is 4.90 Å². The number of guanidine groups is 1. The highest BCUT2D eigenvalue weighted by molar-refractivity contribution is 6.07. The number of rotatable bonds is 6. The number of phenolic OH excluding ortho intramolecular Hbond substituents is 1. The average molecular weight is 369 g/mol. The first-order valence-electron chi connectivity index (χ1n) is 8.49. The molecule has 0 bridgehead atoms. The summed E-state index contributed by atoms with van der Waals surface area (Å²) in [5.74, 6) is 0.772. The van der Waals surface area contributed by atoms with Crippen LogP contribution in [0.2, 0.25) is 0 Å². The minimum Gasteiger partial charge on any atom is -0.508 e. The molecule has 1 heterocycles. The van der Waals surface area contributed by atoms with Gasteiger partial charge in [-0.25, -0.2) is 4.99 Å². The van der Waals surface area contributed by atoms with Gasteiger partial charge in [-0.2, -0.15) is 0 Å². The summed E-state index contributed by atoms with van der Waals surface area (Å²) in [6, 6.07) is 14.0. The van der Waals surface area contributed by atoms with Crippen molar-refractivity contribution in [3.63, 3.8) is 0 Å². The summed E-state index contributed by atoms with van der Waals surface area (Å²) < 4.78 is 11.0. The summed E-state index contributed by atoms with van der Waals surface area (Å²) in [4.78, 5) is 19.1. The molecule has 27 heavy (non-hydrogen) atoms.